The van der Waals surface area contributed by atoms with Gasteiger partial charge in [-0.05, 0) is 31.5 Å². The van der Waals surface area contributed by atoms with E-state index in [1.165, 1.54) is 6.20 Å². The van der Waals surface area contributed by atoms with E-state index in [2.05, 4.69) is 25.9 Å². The Hall–Kier alpha value is -2.87. The van der Waals surface area contributed by atoms with Crippen molar-refractivity contribution in [2.24, 2.45) is 0 Å². The van der Waals surface area contributed by atoms with Gasteiger partial charge >= 0.3 is 0 Å². The van der Waals surface area contributed by atoms with Crippen LogP contribution in [0.1, 0.15) is 22.8 Å². The fourth-order valence-corrected chi connectivity index (χ4v) is 2.77. The molecular weight excluding hydrogens is 346 g/mol. The minimum atomic E-state index is -0.133. The number of amides is 1. The fourth-order valence-electron chi connectivity index (χ4n) is 2.77. The maximum absolute atomic E-state index is 11.9. The van der Waals surface area contributed by atoms with Crippen LogP contribution in [-0.4, -0.2) is 55.3 Å². The van der Waals surface area contributed by atoms with Crippen molar-refractivity contribution in [2.45, 2.75) is 19.4 Å². The molecule has 8 heteroatoms. The van der Waals surface area contributed by atoms with Gasteiger partial charge in [-0.2, -0.15) is 0 Å². The fraction of sp³-hybridized carbons (Fsp3) is 0.421. The zero-order valence-electron chi connectivity index (χ0n) is 15.6. The number of methoxy groups -OCH3 is 1. The lowest BCUT2D eigenvalue weighted by Crippen LogP contribution is -2.40. The van der Waals surface area contributed by atoms with E-state index in [1.54, 1.807) is 13.2 Å². The SMILES string of the molecule is CCNC(=O)c1cnc2c(c1)NCC(CNCCc1ccc(OC)nc1)O2. The third-order valence-electron chi connectivity index (χ3n) is 4.22. The molecule has 0 bridgehead atoms. The van der Waals surface area contributed by atoms with Crippen molar-refractivity contribution in [2.75, 3.05) is 38.6 Å². The number of aromatic nitrogens is 2. The average Bonchev–Trinajstić information content (AvgIpc) is 2.71. The molecular formula is C19H25N5O3. The summed E-state index contributed by atoms with van der Waals surface area (Å²) in [6.07, 6.45) is 4.22. The van der Waals surface area contributed by atoms with Crippen LogP contribution in [0.25, 0.3) is 0 Å². The topological polar surface area (TPSA) is 97.4 Å². The van der Waals surface area contributed by atoms with Crippen molar-refractivity contribution in [1.82, 2.24) is 20.6 Å². The summed E-state index contributed by atoms with van der Waals surface area (Å²) in [7, 11) is 1.61. The highest BCUT2D eigenvalue weighted by molar-refractivity contribution is 5.95. The average molecular weight is 371 g/mol. The number of anilines is 1. The van der Waals surface area contributed by atoms with Crippen LogP contribution >= 0.6 is 0 Å². The Labute approximate surface area is 158 Å². The molecule has 1 unspecified atom stereocenters. The van der Waals surface area contributed by atoms with E-state index in [1.807, 2.05) is 25.3 Å². The minimum absolute atomic E-state index is 0.0192. The van der Waals surface area contributed by atoms with Gasteiger partial charge in [-0.3, -0.25) is 4.79 Å². The molecule has 0 saturated heterocycles. The van der Waals surface area contributed by atoms with E-state index in [0.29, 0.717) is 37.0 Å². The molecule has 0 fully saturated rings. The normalized spacial score (nSPS) is 15.3. The van der Waals surface area contributed by atoms with E-state index in [0.717, 1.165) is 24.2 Å². The molecule has 1 atom stereocenters. The van der Waals surface area contributed by atoms with Crippen molar-refractivity contribution in [1.29, 1.82) is 0 Å². The molecule has 1 aliphatic rings. The molecule has 0 radical (unpaired) electrons. The minimum Gasteiger partial charge on any atom is -0.481 e. The molecule has 3 rings (SSSR count). The second-order valence-corrected chi connectivity index (χ2v) is 6.22. The van der Waals surface area contributed by atoms with Crippen LogP contribution in [-0.2, 0) is 6.42 Å². The lowest BCUT2D eigenvalue weighted by atomic mass is 10.2. The molecule has 1 aliphatic heterocycles. The van der Waals surface area contributed by atoms with Crippen molar-refractivity contribution in [3.05, 3.63) is 41.7 Å². The second kappa shape index (κ2) is 9.18. The van der Waals surface area contributed by atoms with Crippen LogP contribution in [0.3, 0.4) is 0 Å². The Morgan fingerprint density at radius 1 is 1.37 bits per heavy atom. The summed E-state index contributed by atoms with van der Waals surface area (Å²) < 4.78 is 11.0. The van der Waals surface area contributed by atoms with E-state index >= 15 is 0 Å². The van der Waals surface area contributed by atoms with Crippen LogP contribution in [0.15, 0.2) is 30.6 Å². The summed E-state index contributed by atoms with van der Waals surface area (Å²) in [4.78, 5) is 20.4. The van der Waals surface area contributed by atoms with Gasteiger partial charge in [-0.25, -0.2) is 9.97 Å². The Morgan fingerprint density at radius 3 is 3.00 bits per heavy atom. The van der Waals surface area contributed by atoms with Gasteiger partial charge in [0, 0.05) is 31.5 Å². The summed E-state index contributed by atoms with van der Waals surface area (Å²) in [5.74, 6) is 1.02. The molecule has 144 valence electrons. The van der Waals surface area contributed by atoms with Gasteiger partial charge < -0.3 is 25.4 Å². The van der Waals surface area contributed by atoms with Gasteiger partial charge in [-0.15, -0.1) is 0 Å². The number of ether oxygens (including phenoxy) is 2. The number of nitrogens with zero attached hydrogens (tertiary/aromatic N) is 2. The Kier molecular flexibility index (Phi) is 6.43. The molecule has 0 aromatic carbocycles. The summed E-state index contributed by atoms with van der Waals surface area (Å²) in [5.41, 5.74) is 2.42. The number of hydrogen-bond acceptors (Lipinski definition) is 7. The van der Waals surface area contributed by atoms with Crippen LogP contribution in [0.4, 0.5) is 5.69 Å². The summed E-state index contributed by atoms with van der Waals surface area (Å²) in [6, 6.07) is 5.65. The van der Waals surface area contributed by atoms with Crippen LogP contribution < -0.4 is 25.4 Å². The number of carbonyl (C=O) groups excluding carboxylic acids is 1. The highest BCUT2D eigenvalue weighted by atomic mass is 16.5. The molecule has 8 nitrogen and oxygen atoms in total. The monoisotopic (exact) mass is 371 g/mol. The first-order chi connectivity index (χ1) is 13.2. The number of carbonyl (C=O) groups is 1. The first-order valence-electron chi connectivity index (χ1n) is 9.08. The van der Waals surface area contributed by atoms with Crippen molar-refractivity contribution < 1.29 is 14.3 Å². The molecule has 0 spiro atoms. The van der Waals surface area contributed by atoms with Crippen molar-refractivity contribution >= 4 is 11.6 Å². The standard InChI is InChI=1S/C19H25N5O3/c1-3-21-18(25)14-8-16-19(24-10-14)27-15(12-22-16)11-20-7-6-13-4-5-17(26-2)23-9-13/h4-5,8-10,15,20,22H,3,6-7,11-12H2,1-2H3,(H,21,25). The zero-order chi connectivity index (χ0) is 19.1. The summed E-state index contributed by atoms with van der Waals surface area (Å²) >= 11 is 0. The van der Waals surface area contributed by atoms with Gasteiger partial charge in [0.2, 0.25) is 11.8 Å². The Bertz CT molecular complexity index is 766. The third kappa shape index (κ3) is 5.07. The third-order valence-corrected chi connectivity index (χ3v) is 4.22. The van der Waals surface area contributed by atoms with Crippen molar-refractivity contribution in [3.8, 4) is 11.8 Å². The largest absolute Gasteiger partial charge is 0.481 e. The Balaban J connectivity index is 1.44. The maximum atomic E-state index is 11.9. The highest BCUT2D eigenvalue weighted by Gasteiger charge is 2.21. The quantitative estimate of drug-likeness (QED) is 0.601. The van der Waals surface area contributed by atoms with Gasteiger partial charge in [0.05, 0.1) is 24.9 Å². The predicted molar refractivity (Wildman–Crippen MR) is 103 cm³/mol. The molecule has 1 amide bonds. The van der Waals surface area contributed by atoms with Crippen LogP contribution in [0.5, 0.6) is 11.8 Å². The zero-order valence-corrected chi connectivity index (χ0v) is 15.6. The first-order valence-corrected chi connectivity index (χ1v) is 9.08. The highest BCUT2D eigenvalue weighted by Crippen LogP contribution is 2.27. The molecule has 3 N–H and O–H groups in total. The molecule has 0 aliphatic carbocycles. The summed E-state index contributed by atoms with van der Waals surface area (Å²) in [5, 5.41) is 9.45. The lowest BCUT2D eigenvalue weighted by molar-refractivity contribution is 0.0955. The number of hydrogen-bond donors (Lipinski definition) is 3. The van der Waals surface area contributed by atoms with Crippen molar-refractivity contribution in [3.63, 3.8) is 0 Å². The van der Waals surface area contributed by atoms with E-state index in [-0.39, 0.29) is 12.0 Å². The number of nitrogens with one attached hydrogen (secondary N) is 3. The van der Waals surface area contributed by atoms with Crippen LogP contribution in [0, 0.1) is 0 Å². The van der Waals surface area contributed by atoms with E-state index in [4.69, 9.17) is 9.47 Å². The molecule has 3 heterocycles. The lowest BCUT2D eigenvalue weighted by Gasteiger charge is -2.27. The molecule has 0 saturated carbocycles. The predicted octanol–water partition coefficient (Wildman–Crippen LogP) is 1.24. The maximum Gasteiger partial charge on any atom is 0.252 e. The molecule has 2 aromatic heterocycles. The number of pyridine rings is 2. The smallest absolute Gasteiger partial charge is 0.252 e. The van der Waals surface area contributed by atoms with Gasteiger partial charge in [-0.1, -0.05) is 6.07 Å². The van der Waals surface area contributed by atoms with Gasteiger partial charge in [0.15, 0.2) is 0 Å². The number of rotatable bonds is 8. The first kappa shape index (κ1) is 18.9. The number of fused-ring (bicyclic) bond motifs is 1. The summed E-state index contributed by atoms with van der Waals surface area (Å²) in [6.45, 7) is 4.65. The molecule has 27 heavy (non-hydrogen) atoms. The van der Waals surface area contributed by atoms with E-state index < -0.39 is 0 Å². The Morgan fingerprint density at radius 2 is 2.26 bits per heavy atom. The van der Waals surface area contributed by atoms with Gasteiger partial charge in [0.1, 0.15) is 6.10 Å². The second-order valence-electron chi connectivity index (χ2n) is 6.22. The van der Waals surface area contributed by atoms with Gasteiger partial charge in [0.25, 0.3) is 5.91 Å². The van der Waals surface area contributed by atoms with Crippen LogP contribution in [0.2, 0.25) is 0 Å². The molecule has 2 aromatic rings. The van der Waals surface area contributed by atoms with E-state index in [9.17, 15) is 4.79 Å².